The summed E-state index contributed by atoms with van der Waals surface area (Å²) >= 11 is 0. The molecule has 0 aliphatic carbocycles. The second-order valence-corrected chi connectivity index (χ2v) is 33.0. The van der Waals surface area contributed by atoms with Gasteiger partial charge in [0.2, 0.25) is 17.7 Å². The number of hydrogen-bond donors (Lipinski definition) is 12. The minimum atomic E-state index is -4.58. The highest BCUT2D eigenvalue weighted by Gasteiger charge is 2.42. The SMILES string of the molecule is CN(C(=O)[C@@H](N)CCC[N+](C)(CCN)CCN)[C@H](Cc1ccc(C(F)(F)F)cc1)C(=O)Cc1cnc2ccccc2c1.C[C@@](O)(c1ccc(C(F)(F)F)cc1)[C@H](NC(=O)[C@@H](N)CCC[N+](C)(CCN)CCN)C(=O)Cc1cnc2ccccc2c1.C[N+](CCN)(CCN)CC[C@H](N)C(=O)N[C@@H](Cc1ccc(C(F)(F)F)cc1)C(=O)Cc1cnc2ccccc2c1. The number of fused-ring (bicyclic) bond motifs is 3. The zero-order valence-electron chi connectivity index (χ0n) is 71.6. The topological polar surface area (TPSA) is 423 Å². The molecule has 6 aromatic carbocycles. The van der Waals surface area contributed by atoms with Gasteiger partial charge >= 0.3 is 18.5 Å². The van der Waals surface area contributed by atoms with Gasteiger partial charge in [0.05, 0.1) is 143 Å². The molecule has 7 atom stereocenters. The third-order valence-corrected chi connectivity index (χ3v) is 22.8. The van der Waals surface area contributed by atoms with Gasteiger partial charge in [-0.15, -0.1) is 0 Å². The highest BCUT2D eigenvalue weighted by molar-refractivity contribution is 5.95. The Morgan fingerprint density at radius 2 is 0.720 bits per heavy atom. The average molecular weight is 1750 g/mol. The maximum Gasteiger partial charge on any atom is 0.416 e. The summed E-state index contributed by atoms with van der Waals surface area (Å²) in [5.41, 5.74) is 53.9. The number of benzene rings is 6. The molecule has 678 valence electrons. The number of aromatic nitrogens is 3. The maximum absolute atomic E-state index is 13.7. The largest absolute Gasteiger partial charge is 0.416 e. The van der Waals surface area contributed by atoms with Gasteiger partial charge in [0.25, 0.3) is 0 Å². The highest BCUT2D eigenvalue weighted by Crippen LogP contribution is 2.35. The summed E-state index contributed by atoms with van der Waals surface area (Å²) in [5, 5.41) is 19.5. The fourth-order valence-corrected chi connectivity index (χ4v) is 15.2. The Morgan fingerprint density at radius 1 is 0.400 bits per heavy atom. The molecular weight excluding hydrogens is 1630 g/mol. The first-order valence-corrected chi connectivity index (χ1v) is 41.7. The van der Waals surface area contributed by atoms with Gasteiger partial charge in [-0.05, 0) is 152 Å². The standard InChI is InChI=1S/C31H41F3N6O3.C31H42F3N6O2.C29H37F3N6O2/c1-30(43,23-9-11-24(12-10-23)31(32,33)34)28(27(41)19-21-18-22-6-3-4-8-26(22)38-20-21)39-29(42)25(37)7-5-15-40(2,16-13-35)17-14-36;1-39(30(42)26(37)7-5-15-40(2,16-13-35)17-14-36)28(19-22-9-11-25(12-10-22)31(32,33)34)29(41)20-23-18-24-6-3-4-8-27(24)38-21-23;1-38(14-11-33,15-12-34)13-10-24(35)28(40)37-26(17-20-6-8-23(9-7-20)29(30,31)32)27(39)18-21-16-22-4-2-3-5-25(22)36-19-21/h3-4,6,8-12,18,20,25,28,43H,5,7,13-17,19,35-37H2,1-2H3;3-4,6,8-12,18,21,26,28H,5,7,13-17,19-20,35-37H2,1-2H3;2-9,16,19,24,26H,10-15,17-18,33-35H2,1H3/q;+1;/p+2/t25-,28+,30+;26-,28+;24-,26-/m000/s1. The van der Waals surface area contributed by atoms with E-state index in [1.54, 1.807) is 18.5 Å². The number of amides is 3. The molecule has 0 unspecified atom stereocenters. The molecule has 0 aliphatic heterocycles. The molecule has 0 saturated carbocycles. The fourth-order valence-electron chi connectivity index (χ4n) is 15.2. The number of aliphatic hydroxyl groups is 1. The zero-order valence-corrected chi connectivity index (χ0v) is 71.6. The van der Waals surface area contributed by atoms with E-state index < -0.39 is 101 Å². The van der Waals surface area contributed by atoms with Gasteiger partial charge in [0.1, 0.15) is 11.6 Å². The Kier molecular flexibility index (Phi) is 38.2. The smallest absolute Gasteiger partial charge is 0.383 e. The number of nitrogens with zero attached hydrogens (tertiary/aromatic N) is 7. The molecule has 0 fully saturated rings. The van der Waals surface area contributed by atoms with Crippen LogP contribution in [-0.2, 0) is 85.0 Å². The van der Waals surface area contributed by atoms with E-state index in [0.717, 1.165) is 114 Å². The predicted molar refractivity (Wildman–Crippen MR) is 467 cm³/mol. The number of likely N-dealkylation sites (N-methyl/N-ethyl adjacent to an activating group) is 4. The summed E-state index contributed by atoms with van der Waals surface area (Å²) in [5.74, 6) is -2.68. The van der Waals surface area contributed by atoms with E-state index >= 15 is 0 Å². The van der Waals surface area contributed by atoms with Gasteiger partial charge in [0, 0.05) is 107 Å². The van der Waals surface area contributed by atoms with Crippen molar-refractivity contribution in [2.24, 2.45) is 51.6 Å². The van der Waals surface area contributed by atoms with Crippen molar-refractivity contribution < 1.29 is 86.8 Å². The molecule has 9 aromatic rings. The lowest BCUT2D eigenvalue weighted by Crippen LogP contribution is -2.57. The molecule has 3 amide bonds. The number of carbonyl (C=O) groups excluding carboxylic acids is 6. The molecule has 0 bridgehead atoms. The molecule has 25 nitrogen and oxygen atoms in total. The van der Waals surface area contributed by atoms with Crippen LogP contribution in [0.15, 0.2) is 182 Å². The van der Waals surface area contributed by atoms with E-state index in [9.17, 15) is 73.4 Å². The normalized spacial score (nSPS) is 14.1. The van der Waals surface area contributed by atoms with Crippen molar-refractivity contribution in [1.29, 1.82) is 0 Å². The molecule has 0 spiro atoms. The molecule has 3 heterocycles. The van der Waals surface area contributed by atoms with E-state index in [0.29, 0.717) is 139 Å². The lowest BCUT2D eigenvalue weighted by Gasteiger charge is -2.35. The zero-order chi connectivity index (χ0) is 92.1. The third kappa shape index (κ3) is 31.1. The predicted octanol–water partition coefficient (Wildman–Crippen LogP) is 7.31. The van der Waals surface area contributed by atoms with E-state index in [-0.39, 0.29) is 49.2 Å². The highest BCUT2D eigenvalue weighted by atomic mass is 19.4. The number of nitrogens with one attached hydrogen (secondary N) is 2. The third-order valence-electron chi connectivity index (χ3n) is 22.8. The number of carbonyl (C=O) groups is 6. The van der Waals surface area contributed by atoms with Crippen molar-refractivity contribution in [3.05, 3.63) is 232 Å². The van der Waals surface area contributed by atoms with Crippen LogP contribution in [0, 0.1) is 0 Å². The lowest BCUT2D eigenvalue weighted by atomic mass is 9.83. The van der Waals surface area contributed by atoms with Crippen LogP contribution < -0.4 is 62.2 Å². The van der Waals surface area contributed by atoms with Crippen molar-refractivity contribution in [2.45, 2.75) is 132 Å². The molecular formula is C91H122F9N18O7+3. The Bertz CT molecular complexity index is 4950. The summed E-state index contributed by atoms with van der Waals surface area (Å²) in [6, 6.07) is 34.8. The summed E-state index contributed by atoms with van der Waals surface area (Å²) in [6.45, 7) is 10.5. The molecule has 0 aliphatic rings. The van der Waals surface area contributed by atoms with Crippen LogP contribution >= 0.6 is 0 Å². The number of ketones is 3. The Labute approximate surface area is 723 Å². The van der Waals surface area contributed by atoms with Gasteiger partial charge in [-0.25, -0.2) is 0 Å². The van der Waals surface area contributed by atoms with E-state index in [4.69, 9.17) is 51.6 Å². The number of hydrogen-bond acceptors (Lipinski definition) is 19. The van der Waals surface area contributed by atoms with Gasteiger partial charge in [-0.3, -0.25) is 43.7 Å². The van der Waals surface area contributed by atoms with Crippen molar-refractivity contribution in [2.75, 3.05) is 126 Å². The van der Waals surface area contributed by atoms with Crippen molar-refractivity contribution in [3.8, 4) is 0 Å². The van der Waals surface area contributed by atoms with Crippen LogP contribution in [-0.4, -0.2) is 236 Å². The molecule has 3 aromatic heterocycles. The molecule has 9 rings (SSSR count). The molecule has 21 N–H and O–H groups in total. The Hall–Kier alpha value is -10.2. The van der Waals surface area contributed by atoms with Gasteiger partial charge in [0.15, 0.2) is 17.3 Å². The van der Waals surface area contributed by atoms with Gasteiger partial charge in [-0.2, -0.15) is 39.5 Å². The second-order valence-electron chi connectivity index (χ2n) is 33.0. The average Bonchev–Trinajstić information content (AvgIpc) is 0.784. The summed E-state index contributed by atoms with van der Waals surface area (Å²) in [7, 11) is 7.62. The van der Waals surface area contributed by atoms with E-state index in [1.807, 2.05) is 99.0 Å². The molecule has 125 heavy (non-hydrogen) atoms. The molecule has 0 radical (unpaired) electrons. The monoisotopic (exact) mass is 1750 g/mol. The summed E-state index contributed by atoms with van der Waals surface area (Å²) < 4.78 is 120. The summed E-state index contributed by atoms with van der Waals surface area (Å²) in [6.07, 6.45) is -6.59. The van der Waals surface area contributed by atoms with Crippen LogP contribution in [0.4, 0.5) is 39.5 Å². The van der Waals surface area contributed by atoms with Crippen molar-refractivity contribution in [1.82, 2.24) is 30.5 Å². The Balaban J connectivity index is 0.000000258. The Morgan fingerprint density at radius 3 is 1.10 bits per heavy atom. The van der Waals surface area contributed by atoms with Crippen LogP contribution in [0.2, 0.25) is 0 Å². The number of para-hydroxylation sites is 3. The number of halogens is 9. The lowest BCUT2D eigenvalue weighted by molar-refractivity contribution is -0.907. The van der Waals surface area contributed by atoms with E-state index in [1.165, 1.54) is 49.3 Å². The maximum atomic E-state index is 13.7. The first kappa shape index (κ1) is 102. The number of quaternary nitrogens is 3. The van der Waals surface area contributed by atoms with Crippen LogP contribution in [0.1, 0.15) is 89.1 Å². The van der Waals surface area contributed by atoms with E-state index in [2.05, 4.69) is 32.6 Å². The van der Waals surface area contributed by atoms with Crippen LogP contribution in [0.25, 0.3) is 32.7 Å². The van der Waals surface area contributed by atoms with Crippen molar-refractivity contribution in [3.63, 3.8) is 0 Å². The fraction of sp³-hybridized carbons (Fsp3) is 0.440. The van der Waals surface area contributed by atoms with Crippen LogP contribution in [0.3, 0.4) is 0 Å². The first-order chi connectivity index (χ1) is 59.0. The number of pyridine rings is 3. The number of nitrogens with two attached hydrogens (primary N) is 9. The number of rotatable bonds is 44. The molecule has 0 saturated heterocycles. The van der Waals surface area contributed by atoms with Gasteiger partial charge < -0.3 is 85.7 Å². The van der Waals surface area contributed by atoms with Crippen molar-refractivity contribution >= 4 is 67.8 Å². The minimum Gasteiger partial charge on any atom is -0.383 e. The second kappa shape index (κ2) is 46.9. The molecule has 34 heteroatoms. The number of Topliss-reactive ketones (excluding diaryl/α,β-unsaturated/α-hetero) is 3. The first-order valence-electron chi connectivity index (χ1n) is 41.7. The quantitative estimate of drug-likeness (QED) is 0.0131. The minimum absolute atomic E-state index is 0.00397. The summed E-state index contributed by atoms with van der Waals surface area (Å²) in [4.78, 5) is 95.1. The number of alkyl halides is 9. The van der Waals surface area contributed by atoms with Crippen LogP contribution in [0.5, 0.6) is 0 Å². The van der Waals surface area contributed by atoms with Gasteiger partial charge in [-0.1, -0.05) is 91.0 Å².